The second kappa shape index (κ2) is 6.24. The van der Waals surface area contributed by atoms with Crippen molar-refractivity contribution in [3.63, 3.8) is 0 Å². The molecule has 0 amide bonds. The average Bonchev–Trinajstić information content (AvgIpc) is 3.05. The molecule has 116 valence electrons. The molecule has 0 saturated heterocycles. The maximum Gasteiger partial charge on any atom is 0.249 e. The van der Waals surface area contributed by atoms with Crippen molar-refractivity contribution in [2.75, 3.05) is 0 Å². The Bertz CT molecular complexity index is 773. The van der Waals surface area contributed by atoms with Crippen LogP contribution in [0.5, 0.6) is 5.75 Å². The zero-order valence-electron chi connectivity index (χ0n) is 12.9. The van der Waals surface area contributed by atoms with Crippen molar-refractivity contribution >= 4 is 0 Å². The lowest BCUT2D eigenvalue weighted by Crippen LogP contribution is -1.99. The summed E-state index contributed by atoms with van der Waals surface area (Å²) < 4.78 is 11.9. The number of hydrogen-bond acceptors (Lipinski definition) is 4. The fraction of sp³-hybridized carbons (Fsp3) is 0.263. The summed E-state index contributed by atoms with van der Waals surface area (Å²) in [5.41, 5.74) is 2.87. The molecule has 1 aliphatic carbocycles. The smallest absolute Gasteiger partial charge is 0.249 e. The van der Waals surface area contributed by atoms with Gasteiger partial charge in [0.2, 0.25) is 5.89 Å². The number of rotatable bonds is 4. The molecule has 1 aromatic carbocycles. The normalized spacial score (nSPS) is 13.6. The number of aryl methyl sites for hydroxylation is 2. The van der Waals surface area contributed by atoms with Crippen LogP contribution < -0.4 is 4.74 Å². The Morgan fingerprint density at radius 2 is 1.87 bits per heavy atom. The first-order valence-electron chi connectivity index (χ1n) is 8.01. The van der Waals surface area contributed by atoms with Gasteiger partial charge in [0.15, 0.2) is 11.4 Å². The Morgan fingerprint density at radius 1 is 1.00 bits per heavy atom. The summed E-state index contributed by atoms with van der Waals surface area (Å²) in [5.74, 6) is 2.28. The summed E-state index contributed by atoms with van der Waals surface area (Å²) >= 11 is 0. The molecule has 0 radical (unpaired) electrons. The van der Waals surface area contributed by atoms with Crippen LogP contribution in [0.2, 0.25) is 0 Å². The maximum absolute atomic E-state index is 5.95. The zero-order chi connectivity index (χ0) is 15.5. The van der Waals surface area contributed by atoms with E-state index in [1.807, 2.05) is 42.5 Å². The SMILES string of the molecule is c1ccc(COc2cccnc2-c2nc3c(o2)CCCC3)cc1. The van der Waals surface area contributed by atoms with Crippen molar-refractivity contribution in [1.29, 1.82) is 0 Å². The third-order valence-corrected chi connectivity index (χ3v) is 4.06. The molecule has 2 aromatic heterocycles. The van der Waals surface area contributed by atoms with Gasteiger partial charge in [0.25, 0.3) is 0 Å². The topological polar surface area (TPSA) is 48.2 Å². The van der Waals surface area contributed by atoms with Gasteiger partial charge in [-0.25, -0.2) is 9.97 Å². The number of ether oxygens (including phenoxy) is 1. The van der Waals surface area contributed by atoms with Crippen LogP contribution in [0.15, 0.2) is 53.1 Å². The number of pyridine rings is 1. The highest BCUT2D eigenvalue weighted by Crippen LogP contribution is 2.31. The second-order valence-electron chi connectivity index (χ2n) is 5.72. The van der Waals surface area contributed by atoms with Gasteiger partial charge < -0.3 is 9.15 Å². The maximum atomic E-state index is 5.95. The van der Waals surface area contributed by atoms with Gasteiger partial charge >= 0.3 is 0 Å². The highest BCUT2D eigenvalue weighted by molar-refractivity contribution is 5.57. The first-order valence-corrected chi connectivity index (χ1v) is 8.01. The van der Waals surface area contributed by atoms with Crippen molar-refractivity contribution in [2.45, 2.75) is 32.3 Å². The summed E-state index contributed by atoms with van der Waals surface area (Å²) in [5, 5.41) is 0. The van der Waals surface area contributed by atoms with Gasteiger partial charge in [0, 0.05) is 12.6 Å². The van der Waals surface area contributed by atoms with Crippen molar-refractivity contribution < 1.29 is 9.15 Å². The molecule has 0 aliphatic heterocycles. The van der Waals surface area contributed by atoms with Gasteiger partial charge in [0.1, 0.15) is 12.4 Å². The predicted octanol–water partition coefficient (Wildman–Crippen LogP) is 4.19. The van der Waals surface area contributed by atoms with E-state index in [4.69, 9.17) is 9.15 Å². The summed E-state index contributed by atoms with van der Waals surface area (Å²) in [6, 6.07) is 13.9. The van der Waals surface area contributed by atoms with E-state index < -0.39 is 0 Å². The van der Waals surface area contributed by atoms with Crippen molar-refractivity contribution in [1.82, 2.24) is 9.97 Å². The van der Waals surface area contributed by atoms with Crippen molar-refractivity contribution in [3.05, 3.63) is 65.7 Å². The summed E-state index contributed by atoms with van der Waals surface area (Å²) in [6.07, 6.45) is 6.05. The van der Waals surface area contributed by atoms with Crippen LogP contribution in [-0.4, -0.2) is 9.97 Å². The molecule has 0 unspecified atom stereocenters. The van der Waals surface area contributed by atoms with Crippen LogP contribution in [0.1, 0.15) is 29.9 Å². The standard InChI is InChI=1S/C19H18N2O2/c1-2-7-14(8-3-1)13-22-17-11-6-12-20-18(17)19-21-15-9-4-5-10-16(15)23-19/h1-3,6-8,11-12H,4-5,9-10,13H2. The number of fused-ring (bicyclic) bond motifs is 1. The van der Waals surface area contributed by atoms with E-state index >= 15 is 0 Å². The van der Waals surface area contributed by atoms with Crippen LogP contribution in [0.25, 0.3) is 11.6 Å². The minimum atomic E-state index is 0.500. The number of benzene rings is 1. The van der Waals surface area contributed by atoms with Crippen LogP contribution in [0.4, 0.5) is 0 Å². The number of nitrogens with zero attached hydrogens (tertiary/aromatic N) is 2. The predicted molar refractivity (Wildman–Crippen MR) is 87.2 cm³/mol. The van der Waals surface area contributed by atoms with Crippen LogP contribution in [-0.2, 0) is 19.4 Å². The highest BCUT2D eigenvalue weighted by atomic mass is 16.5. The lowest BCUT2D eigenvalue weighted by molar-refractivity contribution is 0.305. The molecule has 2 heterocycles. The van der Waals surface area contributed by atoms with E-state index in [2.05, 4.69) is 9.97 Å². The molecule has 4 rings (SSSR count). The first kappa shape index (κ1) is 14.0. The van der Waals surface area contributed by atoms with E-state index in [1.54, 1.807) is 6.20 Å². The minimum Gasteiger partial charge on any atom is -0.486 e. The molecule has 23 heavy (non-hydrogen) atoms. The Morgan fingerprint density at radius 3 is 2.74 bits per heavy atom. The third kappa shape index (κ3) is 2.97. The van der Waals surface area contributed by atoms with Gasteiger partial charge in [-0.1, -0.05) is 30.3 Å². The molecule has 0 bridgehead atoms. The molecule has 1 aliphatic rings. The Hall–Kier alpha value is -2.62. The first-order chi connectivity index (χ1) is 11.4. The van der Waals surface area contributed by atoms with E-state index in [0.29, 0.717) is 23.9 Å². The molecule has 4 nitrogen and oxygen atoms in total. The van der Waals surface area contributed by atoms with E-state index in [0.717, 1.165) is 29.9 Å². The van der Waals surface area contributed by atoms with E-state index in [-0.39, 0.29) is 0 Å². The second-order valence-corrected chi connectivity index (χ2v) is 5.72. The van der Waals surface area contributed by atoms with Gasteiger partial charge in [-0.05, 0) is 37.0 Å². The zero-order valence-corrected chi connectivity index (χ0v) is 12.9. The van der Waals surface area contributed by atoms with Gasteiger partial charge in [-0.15, -0.1) is 0 Å². The Labute approximate surface area is 135 Å². The summed E-state index contributed by atoms with van der Waals surface area (Å²) in [7, 11) is 0. The number of hydrogen-bond donors (Lipinski definition) is 0. The monoisotopic (exact) mass is 306 g/mol. The molecular formula is C19H18N2O2. The van der Waals surface area contributed by atoms with E-state index in [1.165, 1.54) is 12.8 Å². The third-order valence-electron chi connectivity index (χ3n) is 4.06. The Balaban J connectivity index is 1.60. The van der Waals surface area contributed by atoms with Gasteiger partial charge in [-0.2, -0.15) is 0 Å². The highest BCUT2D eigenvalue weighted by Gasteiger charge is 2.20. The number of oxazole rings is 1. The van der Waals surface area contributed by atoms with Crippen molar-refractivity contribution in [2.24, 2.45) is 0 Å². The number of aromatic nitrogens is 2. The molecule has 0 saturated carbocycles. The minimum absolute atomic E-state index is 0.500. The Kier molecular flexibility index (Phi) is 3.80. The molecule has 0 atom stereocenters. The molecule has 4 heteroatoms. The molecular weight excluding hydrogens is 288 g/mol. The molecule has 0 N–H and O–H groups in total. The van der Waals surface area contributed by atoms with Crippen LogP contribution in [0, 0.1) is 0 Å². The largest absolute Gasteiger partial charge is 0.486 e. The quantitative estimate of drug-likeness (QED) is 0.725. The fourth-order valence-corrected chi connectivity index (χ4v) is 2.86. The summed E-state index contributed by atoms with van der Waals surface area (Å²) in [6.45, 7) is 0.500. The lowest BCUT2D eigenvalue weighted by Gasteiger charge is -2.08. The molecule has 0 spiro atoms. The summed E-state index contributed by atoms with van der Waals surface area (Å²) in [4.78, 5) is 9.05. The molecule has 0 fully saturated rings. The van der Waals surface area contributed by atoms with Crippen molar-refractivity contribution in [3.8, 4) is 17.3 Å². The fourth-order valence-electron chi connectivity index (χ4n) is 2.86. The lowest BCUT2D eigenvalue weighted by atomic mass is 10.0. The van der Waals surface area contributed by atoms with Gasteiger partial charge in [0.05, 0.1) is 5.69 Å². The average molecular weight is 306 g/mol. The van der Waals surface area contributed by atoms with E-state index in [9.17, 15) is 0 Å². The van der Waals surface area contributed by atoms with Crippen LogP contribution in [0.3, 0.4) is 0 Å². The van der Waals surface area contributed by atoms with Crippen LogP contribution >= 0.6 is 0 Å². The van der Waals surface area contributed by atoms with Gasteiger partial charge in [-0.3, -0.25) is 0 Å². The molecule has 3 aromatic rings.